The van der Waals surface area contributed by atoms with Gasteiger partial charge < -0.3 is 9.32 Å². The highest BCUT2D eigenvalue weighted by atomic mass is 19.4. The Balaban J connectivity index is 1.61. The summed E-state index contributed by atoms with van der Waals surface area (Å²) in [7, 11) is 0. The Bertz CT molecular complexity index is 1130. The molecule has 8 heteroatoms. The van der Waals surface area contributed by atoms with Gasteiger partial charge in [-0.05, 0) is 67.8 Å². The van der Waals surface area contributed by atoms with Crippen LogP contribution in [0.5, 0.6) is 0 Å². The smallest absolute Gasteiger partial charge is 0.416 e. The summed E-state index contributed by atoms with van der Waals surface area (Å²) >= 11 is 0. The van der Waals surface area contributed by atoms with Gasteiger partial charge in [0.05, 0.1) is 18.4 Å². The van der Waals surface area contributed by atoms with E-state index in [1.165, 1.54) is 36.4 Å². The van der Waals surface area contributed by atoms with Gasteiger partial charge in [-0.25, -0.2) is 4.39 Å². The van der Waals surface area contributed by atoms with Crippen molar-refractivity contribution >= 4 is 5.91 Å². The summed E-state index contributed by atoms with van der Waals surface area (Å²) in [4.78, 5) is 17.1. The summed E-state index contributed by atoms with van der Waals surface area (Å²) in [5, 5.41) is 0. The molecule has 2 aromatic carbocycles. The number of amides is 1. The third-order valence-electron chi connectivity index (χ3n) is 6.52. The minimum Gasteiger partial charge on any atom is -0.468 e. The highest BCUT2D eigenvalue weighted by Crippen LogP contribution is 2.37. The predicted molar refractivity (Wildman–Crippen MR) is 124 cm³/mol. The van der Waals surface area contributed by atoms with Crippen LogP contribution in [0.4, 0.5) is 17.6 Å². The van der Waals surface area contributed by atoms with Crippen LogP contribution in [0.1, 0.15) is 47.0 Å². The van der Waals surface area contributed by atoms with Gasteiger partial charge in [-0.3, -0.25) is 9.69 Å². The second-order valence-corrected chi connectivity index (χ2v) is 9.32. The number of alkyl halides is 3. The van der Waals surface area contributed by atoms with Crippen LogP contribution in [0.3, 0.4) is 0 Å². The Kier molecular flexibility index (Phi) is 7.31. The number of hydrogen-bond acceptors (Lipinski definition) is 3. The van der Waals surface area contributed by atoms with E-state index < -0.39 is 17.6 Å². The van der Waals surface area contributed by atoms with Crippen molar-refractivity contribution in [1.82, 2.24) is 9.80 Å². The lowest BCUT2D eigenvalue weighted by molar-refractivity contribution is -0.137. The number of likely N-dealkylation sites (tertiary alicyclic amines) is 1. The third kappa shape index (κ3) is 5.93. The molecule has 0 aliphatic carbocycles. The fourth-order valence-electron chi connectivity index (χ4n) is 4.76. The Hall–Kier alpha value is -3.13. The molecule has 2 atom stereocenters. The van der Waals surface area contributed by atoms with Crippen molar-refractivity contribution in [2.45, 2.75) is 38.5 Å². The molecule has 3 aromatic rings. The Morgan fingerprint density at radius 1 is 1.09 bits per heavy atom. The quantitative estimate of drug-likeness (QED) is 0.372. The van der Waals surface area contributed by atoms with Crippen LogP contribution < -0.4 is 0 Å². The number of carbonyl (C=O) groups excluding carboxylic acids is 1. The standard InChI is InChI=1S/C27H28F4N2O2/c1-18(2)33(26(34)19-8-10-23(28)11-9-19)15-21-14-32(16-24-7-4-12-35-24)17-25(21)20-5-3-6-22(13-20)27(29,30)31/h3-13,18,21,25H,14-17H2,1-2H3/t21-,25-/m1/s1. The van der Waals surface area contributed by atoms with Crippen molar-refractivity contribution in [3.63, 3.8) is 0 Å². The van der Waals surface area contributed by atoms with Gasteiger partial charge in [0.15, 0.2) is 0 Å². The van der Waals surface area contributed by atoms with Crippen LogP contribution in [0.15, 0.2) is 71.3 Å². The lowest BCUT2D eigenvalue weighted by Crippen LogP contribution is -2.42. The Morgan fingerprint density at radius 3 is 2.46 bits per heavy atom. The number of furan rings is 1. The molecule has 1 fully saturated rings. The molecule has 0 spiro atoms. The van der Waals surface area contributed by atoms with Crippen LogP contribution in [0.2, 0.25) is 0 Å². The molecule has 0 bridgehead atoms. The maximum absolute atomic E-state index is 13.4. The van der Waals surface area contributed by atoms with Crippen molar-refractivity contribution < 1.29 is 26.8 Å². The van der Waals surface area contributed by atoms with Crippen molar-refractivity contribution in [3.05, 3.63) is 95.2 Å². The molecule has 0 saturated carbocycles. The molecule has 0 N–H and O–H groups in total. The van der Waals surface area contributed by atoms with Gasteiger partial charge in [0, 0.05) is 37.2 Å². The molecule has 1 amide bonds. The molecule has 1 aliphatic rings. The molecule has 4 rings (SSSR count). The van der Waals surface area contributed by atoms with Gasteiger partial charge in [0.2, 0.25) is 0 Å². The minimum absolute atomic E-state index is 0.0970. The van der Waals surface area contributed by atoms with Crippen molar-refractivity contribution in [2.24, 2.45) is 5.92 Å². The summed E-state index contributed by atoms with van der Waals surface area (Å²) in [5.41, 5.74) is 0.298. The summed E-state index contributed by atoms with van der Waals surface area (Å²) in [6.45, 7) is 5.84. The fourth-order valence-corrected chi connectivity index (χ4v) is 4.76. The number of rotatable bonds is 7. The zero-order chi connectivity index (χ0) is 25.2. The van der Waals surface area contributed by atoms with Crippen molar-refractivity contribution in [3.8, 4) is 0 Å². The third-order valence-corrected chi connectivity index (χ3v) is 6.52. The monoisotopic (exact) mass is 488 g/mol. The van der Waals surface area contributed by atoms with E-state index in [1.807, 2.05) is 19.9 Å². The predicted octanol–water partition coefficient (Wildman–Crippen LogP) is 6.20. The summed E-state index contributed by atoms with van der Waals surface area (Å²) in [6.07, 6.45) is -2.84. The maximum atomic E-state index is 13.4. The largest absolute Gasteiger partial charge is 0.468 e. The molecule has 35 heavy (non-hydrogen) atoms. The second-order valence-electron chi connectivity index (χ2n) is 9.32. The van der Waals surface area contributed by atoms with E-state index in [9.17, 15) is 22.4 Å². The Labute approximate surface area is 202 Å². The lowest BCUT2D eigenvalue weighted by atomic mass is 9.87. The van der Waals surface area contributed by atoms with E-state index in [0.29, 0.717) is 37.3 Å². The lowest BCUT2D eigenvalue weighted by Gasteiger charge is -2.32. The summed E-state index contributed by atoms with van der Waals surface area (Å²) in [5.74, 6) is -0.176. The van der Waals surface area contributed by atoms with Crippen LogP contribution in [0.25, 0.3) is 0 Å². The van der Waals surface area contributed by atoms with Crippen molar-refractivity contribution in [2.75, 3.05) is 19.6 Å². The SMILES string of the molecule is CC(C)N(C[C@H]1CN(Cc2ccco2)C[C@@H]1c1cccc(C(F)(F)F)c1)C(=O)c1ccc(F)cc1. The molecule has 1 aromatic heterocycles. The molecule has 186 valence electrons. The summed E-state index contributed by atoms with van der Waals surface area (Å²) in [6, 6.07) is 14.4. The highest BCUT2D eigenvalue weighted by molar-refractivity contribution is 5.94. The van der Waals surface area contributed by atoms with Crippen LogP contribution >= 0.6 is 0 Å². The van der Waals surface area contributed by atoms with E-state index in [-0.39, 0.29) is 23.8 Å². The molecule has 1 aliphatic heterocycles. The average molecular weight is 489 g/mol. The molecule has 0 unspecified atom stereocenters. The number of benzene rings is 2. The van der Waals surface area contributed by atoms with Crippen molar-refractivity contribution in [1.29, 1.82) is 0 Å². The van der Waals surface area contributed by atoms with Gasteiger partial charge in [-0.1, -0.05) is 18.2 Å². The van der Waals surface area contributed by atoms with Gasteiger partial charge in [0.1, 0.15) is 11.6 Å². The normalized spacial score (nSPS) is 18.8. The molecule has 0 radical (unpaired) electrons. The second kappa shape index (κ2) is 10.2. The Morgan fingerprint density at radius 2 is 1.83 bits per heavy atom. The van der Waals surface area contributed by atoms with E-state index in [0.717, 1.165) is 11.8 Å². The minimum atomic E-state index is -4.43. The molecule has 2 heterocycles. The first-order chi connectivity index (χ1) is 16.6. The van der Waals surface area contributed by atoms with Crippen LogP contribution in [0, 0.1) is 11.7 Å². The van der Waals surface area contributed by atoms with Crippen LogP contribution in [-0.4, -0.2) is 41.4 Å². The molecular weight excluding hydrogens is 460 g/mol. The topological polar surface area (TPSA) is 36.7 Å². The molecule has 4 nitrogen and oxygen atoms in total. The zero-order valence-corrected chi connectivity index (χ0v) is 19.6. The number of halogens is 4. The highest BCUT2D eigenvalue weighted by Gasteiger charge is 2.38. The molecule has 1 saturated heterocycles. The van der Waals surface area contributed by atoms with E-state index in [4.69, 9.17) is 4.42 Å². The van der Waals surface area contributed by atoms with Gasteiger partial charge in [-0.15, -0.1) is 0 Å². The van der Waals surface area contributed by atoms with Crippen LogP contribution in [-0.2, 0) is 12.7 Å². The molecular formula is C27H28F4N2O2. The van der Waals surface area contributed by atoms with Gasteiger partial charge in [-0.2, -0.15) is 13.2 Å². The number of nitrogens with zero attached hydrogens (tertiary/aromatic N) is 2. The first-order valence-corrected chi connectivity index (χ1v) is 11.6. The van der Waals surface area contributed by atoms with E-state index in [1.54, 1.807) is 23.3 Å². The first-order valence-electron chi connectivity index (χ1n) is 11.6. The van der Waals surface area contributed by atoms with Gasteiger partial charge in [0.25, 0.3) is 5.91 Å². The first kappa shape index (κ1) is 25.0. The zero-order valence-electron chi connectivity index (χ0n) is 19.6. The number of carbonyl (C=O) groups is 1. The van der Waals surface area contributed by atoms with Gasteiger partial charge >= 0.3 is 6.18 Å². The fraction of sp³-hybridized carbons (Fsp3) is 0.370. The van der Waals surface area contributed by atoms with E-state index >= 15 is 0 Å². The van der Waals surface area contributed by atoms with E-state index in [2.05, 4.69) is 4.90 Å². The summed E-state index contributed by atoms with van der Waals surface area (Å²) < 4.78 is 59.1. The maximum Gasteiger partial charge on any atom is 0.416 e. The average Bonchev–Trinajstić information content (AvgIpc) is 3.47. The number of hydrogen-bond donors (Lipinski definition) is 0.